The maximum atomic E-state index is 10.1. The molecule has 0 heterocycles. The predicted molar refractivity (Wildman–Crippen MR) is 51.9 cm³/mol. The van der Waals surface area contributed by atoms with Crippen LogP contribution in [0.15, 0.2) is 0 Å². The van der Waals surface area contributed by atoms with Gasteiger partial charge in [0.1, 0.15) is 6.10 Å². The Balaban J connectivity index is 3.26. The number of rotatable bonds is 6. The van der Waals surface area contributed by atoms with Gasteiger partial charge in [-0.3, -0.25) is 0 Å². The summed E-state index contributed by atoms with van der Waals surface area (Å²) in [5, 5.41) is 8.31. The minimum Gasteiger partial charge on any atom is -0.450 e. The van der Waals surface area contributed by atoms with Crippen molar-refractivity contribution in [1.29, 1.82) is 0 Å². The van der Waals surface area contributed by atoms with E-state index in [-0.39, 0.29) is 6.10 Å². The highest BCUT2D eigenvalue weighted by molar-refractivity contribution is 5.56. The van der Waals surface area contributed by atoms with E-state index in [1.165, 1.54) is 6.42 Å². The highest BCUT2D eigenvalue weighted by Gasteiger charge is 2.06. The largest absolute Gasteiger partial charge is 0.506 e. The number of hydrogen-bond donors (Lipinski definition) is 1. The monoisotopic (exact) mass is 188 g/mol. The summed E-state index contributed by atoms with van der Waals surface area (Å²) in [6.45, 7) is 6.18. The van der Waals surface area contributed by atoms with Gasteiger partial charge in [-0.25, -0.2) is 4.79 Å². The quantitative estimate of drug-likeness (QED) is 0.514. The predicted octanol–water partition coefficient (Wildman–Crippen LogP) is 3.29. The van der Waals surface area contributed by atoms with E-state index in [4.69, 9.17) is 5.11 Å². The Kier molecular flexibility index (Phi) is 6.37. The van der Waals surface area contributed by atoms with Crippen molar-refractivity contribution in [2.24, 2.45) is 5.92 Å². The summed E-state index contributed by atoms with van der Waals surface area (Å²) >= 11 is 0. The van der Waals surface area contributed by atoms with Crippen LogP contribution in [0.1, 0.15) is 46.5 Å². The van der Waals surface area contributed by atoms with Gasteiger partial charge in [0.25, 0.3) is 0 Å². The summed E-state index contributed by atoms with van der Waals surface area (Å²) in [5.74, 6) is 0.732. The van der Waals surface area contributed by atoms with E-state index in [0.29, 0.717) is 0 Å². The zero-order chi connectivity index (χ0) is 10.3. The fourth-order valence-corrected chi connectivity index (χ4v) is 1.22. The lowest BCUT2D eigenvalue weighted by atomic mass is 10.0. The molecule has 0 rings (SSSR count). The molecule has 0 saturated heterocycles. The summed E-state index contributed by atoms with van der Waals surface area (Å²) in [5.41, 5.74) is 0. The van der Waals surface area contributed by atoms with Crippen LogP contribution in [-0.4, -0.2) is 17.4 Å². The molecule has 3 heteroatoms. The van der Waals surface area contributed by atoms with E-state index < -0.39 is 6.16 Å². The molecule has 3 nitrogen and oxygen atoms in total. The lowest BCUT2D eigenvalue weighted by Gasteiger charge is -2.10. The molecule has 0 bridgehead atoms. The Morgan fingerprint density at radius 1 is 1.23 bits per heavy atom. The van der Waals surface area contributed by atoms with Gasteiger partial charge < -0.3 is 9.84 Å². The van der Waals surface area contributed by atoms with E-state index in [9.17, 15) is 4.79 Å². The van der Waals surface area contributed by atoms with Gasteiger partial charge in [0, 0.05) is 0 Å². The number of hydrogen-bond acceptors (Lipinski definition) is 2. The van der Waals surface area contributed by atoms with Crippen LogP contribution in [0.4, 0.5) is 4.79 Å². The molecule has 0 aromatic heterocycles. The minimum atomic E-state index is -1.17. The van der Waals surface area contributed by atoms with Crippen LogP contribution in [0, 0.1) is 5.92 Å². The van der Waals surface area contributed by atoms with Crippen molar-refractivity contribution in [1.82, 2.24) is 0 Å². The van der Waals surface area contributed by atoms with Gasteiger partial charge in [0.2, 0.25) is 0 Å². The number of unbranched alkanes of at least 4 members (excludes halogenated alkanes) is 1. The standard InChI is InChI=1S/C10H20O3/c1-8(2)6-4-5-7-9(3)13-10(11)12/h8-9H,4-7H2,1-3H3,(H,11,12). The Morgan fingerprint density at radius 2 is 1.77 bits per heavy atom. The third-order valence-electron chi connectivity index (χ3n) is 1.94. The molecule has 0 aliphatic carbocycles. The molecule has 0 aliphatic rings. The van der Waals surface area contributed by atoms with Gasteiger partial charge in [-0.1, -0.05) is 26.7 Å². The fourth-order valence-electron chi connectivity index (χ4n) is 1.22. The molecule has 1 N–H and O–H groups in total. The topological polar surface area (TPSA) is 46.5 Å². The Hall–Kier alpha value is -0.730. The van der Waals surface area contributed by atoms with E-state index in [2.05, 4.69) is 18.6 Å². The van der Waals surface area contributed by atoms with Gasteiger partial charge in [-0.05, 0) is 25.7 Å². The van der Waals surface area contributed by atoms with Crippen LogP contribution < -0.4 is 0 Å². The minimum absolute atomic E-state index is 0.162. The second-order valence-corrected chi connectivity index (χ2v) is 3.87. The van der Waals surface area contributed by atoms with Crippen LogP contribution in [0.25, 0.3) is 0 Å². The molecule has 0 aromatic rings. The van der Waals surface area contributed by atoms with Crippen molar-refractivity contribution in [3.8, 4) is 0 Å². The lowest BCUT2D eigenvalue weighted by Crippen LogP contribution is -2.12. The Labute approximate surface area is 80.1 Å². The van der Waals surface area contributed by atoms with Crippen molar-refractivity contribution in [2.45, 2.75) is 52.6 Å². The third-order valence-corrected chi connectivity index (χ3v) is 1.94. The molecule has 1 unspecified atom stereocenters. The van der Waals surface area contributed by atoms with Crippen molar-refractivity contribution < 1.29 is 14.6 Å². The van der Waals surface area contributed by atoms with E-state index in [1.54, 1.807) is 6.92 Å². The van der Waals surface area contributed by atoms with Gasteiger partial charge in [-0.2, -0.15) is 0 Å². The first-order valence-electron chi connectivity index (χ1n) is 4.92. The first-order valence-corrected chi connectivity index (χ1v) is 4.92. The summed E-state index contributed by atoms with van der Waals surface area (Å²) in [7, 11) is 0. The van der Waals surface area contributed by atoms with Crippen molar-refractivity contribution in [2.75, 3.05) is 0 Å². The van der Waals surface area contributed by atoms with Gasteiger partial charge in [0.05, 0.1) is 0 Å². The molecule has 0 amide bonds. The summed E-state index contributed by atoms with van der Waals surface area (Å²) in [6.07, 6.45) is 2.91. The highest BCUT2D eigenvalue weighted by Crippen LogP contribution is 2.10. The van der Waals surface area contributed by atoms with Gasteiger partial charge >= 0.3 is 6.16 Å². The summed E-state index contributed by atoms with van der Waals surface area (Å²) in [6, 6.07) is 0. The molecule has 0 aromatic carbocycles. The Bertz CT molecular complexity index is 143. The Morgan fingerprint density at radius 3 is 2.23 bits per heavy atom. The maximum absolute atomic E-state index is 10.1. The average Bonchev–Trinajstić information content (AvgIpc) is 1.96. The molecule has 13 heavy (non-hydrogen) atoms. The average molecular weight is 188 g/mol. The zero-order valence-corrected chi connectivity index (χ0v) is 8.75. The van der Waals surface area contributed by atoms with E-state index in [0.717, 1.165) is 25.2 Å². The van der Waals surface area contributed by atoms with Crippen LogP contribution in [0.3, 0.4) is 0 Å². The van der Waals surface area contributed by atoms with Crippen LogP contribution >= 0.6 is 0 Å². The van der Waals surface area contributed by atoms with Crippen LogP contribution in [0.5, 0.6) is 0 Å². The maximum Gasteiger partial charge on any atom is 0.506 e. The van der Waals surface area contributed by atoms with Crippen molar-refractivity contribution in [3.05, 3.63) is 0 Å². The molecule has 0 saturated carbocycles. The van der Waals surface area contributed by atoms with Crippen molar-refractivity contribution >= 4 is 6.16 Å². The van der Waals surface area contributed by atoms with Crippen LogP contribution in [-0.2, 0) is 4.74 Å². The van der Waals surface area contributed by atoms with E-state index >= 15 is 0 Å². The van der Waals surface area contributed by atoms with E-state index in [1.807, 2.05) is 0 Å². The van der Waals surface area contributed by atoms with Crippen molar-refractivity contribution in [3.63, 3.8) is 0 Å². The van der Waals surface area contributed by atoms with Crippen LogP contribution in [0.2, 0.25) is 0 Å². The second-order valence-electron chi connectivity index (χ2n) is 3.87. The molecule has 0 radical (unpaired) electrons. The second kappa shape index (κ2) is 6.75. The zero-order valence-electron chi connectivity index (χ0n) is 8.75. The first-order chi connectivity index (χ1) is 6.02. The first kappa shape index (κ1) is 12.3. The van der Waals surface area contributed by atoms with Gasteiger partial charge in [0.15, 0.2) is 0 Å². The van der Waals surface area contributed by atoms with Gasteiger partial charge in [-0.15, -0.1) is 0 Å². The number of carbonyl (C=O) groups is 1. The lowest BCUT2D eigenvalue weighted by molar-refractivity contribution is 0.0547. The molecular formula is C10H20O3. The number of ether oxygens (including phenoxy) is 1. The fraction of sp³-hybridized carbons (Fsp3) is 0.900. The molecular weight excluding hydrogens is 168 g/mol. The highest BCUT2D eigenvalue weighted by atomic mass is 16.7. The third kappa shape index (κ3) is 9.18. The summed E-state index contributed by atoms with van der Waals surface area (Å²) in [4.78, 5) is 10.1. The molecule has 0 aliphatic heterocycles. The smallest absolute Gasteiger partial charge is 0.450 e. The normalized spacial score (nSPS) is 12.9. The molecule has 0 spiro atoms. The SMILES string of the molecule is CC(C)CCCCC(C)OC(=O)O. The summed E-state index contributed by atoms with van der Waals surface area (Å²) < 4.78 is 4.57. The molecule has 78 valence electrons. The number of carboxylic acid groups (broad SMARTS) is 1. The molecule has 1 atom stereocenters. The molecule has 0 fully saturated rings.